The van der Waals surface area contributed by atoms with E-state index in [1.165, 1.54) is 12.1 Å². The van der Waals surface area contributed by atoms with Gasteiger partial charge in [0.15, 0.2) is 0 Å². The summed E-state index contributed by atoms with van der Waals surface area (Å²) in [7, 11) is 0. The molecule has 0 radical (unpaired) electrons. The lowest BCUT2D eigenvalue weighted by Crippen LogP contribution is -2.25. The van der Waals surface area contributed by atoms with Crippen molar-refractivity contribution >= 4 is 50.5 Å². The number of hydrogen-bond donors (Lipinski definition) is 2. The van der Waals surface area contributed by atoms with Crippen LogP contribution in [-0.2, 0) is 0 Å². The number of nitrogens with one attached hydrogen (secondary N) is 2. The highest BCUT2D eigenvalue weighted by atomic mass is 35.5. The summed E-state index contributed by atoms with van der Waals surface area (Å²) in [6.45, 7) is 0. The second-order valence-corrected chi connectivity index (χ2v) is 7.60. The standard InChI is InChI=1S/C19H14ClFN2O2S/c20-16-14-7-4-11(21)9-15(14)26-17(16)19(25)23-13-3-1-2-10(8-13)18(24)22-12-5-6-12/h1-4,7-9,12H,5-6H2,(H,22,24)(H,23,25). The molecule has 4 nitrogen and oxygen atoms in total. The molecule has 0 saturated heterocycles. The van der Waals surface area contributed by atoms with Gasteiger partial charge in [-0.2, -0.15) is 0 Å². The Morgan fingerprint density at radius 2 is 1.92 bits per heavy atom. The summed E-state index contributed by atoms with van der Waals surface area (Å²) >= 11 is 7.41. The van der Waals surface area contributed by atoms with Crippen LogP contribution in [0.3, 0.4) is 0 Å². The van der Waals surface area contributed by atoms with Crippen LogP contribution >= 0.6 is 22.9 Å². The minimum absolute atomic E-state index is 0.154. The molecule has 132 valence electrons. The third kappa shape index (κ3) is 3.43. The molecule has 26 heavy (non-hydrogen) atoms. The number of fused-ring (bicyclic) bond motifs is 1. The van der Waals surface area contributed by atoms with Crippen molar-refractivity contribution in [2.75, 3.05) is 5.32 Å². The predicted octanol–water partition coefficient (Wildman–Crippen LogP) is 4.84. The fourth-order valence-electron chi connectivity index (χ4n) is 2.61. The van der Waals surface area contributed by atoms with Crippen molar-refractivity contribution in [2.45, 2.75) is 18.9 Å². The summed E-state index contributed by atoms with van der Waals surface area (Å²) < 4.78 is 14.0. The van der Waals surface area contributed by atoms with E-state index >= 15 is 0 Å². The zero-order chi connectivity index (χ0) is 18.3. The van der Waals surface area contributed by atoms with Crippen LogP contribution in [0.2, 0.25) is 5.02 Å². The normalized spacial score (nSPS) is 13.6. The number of carbonyl (C=O) groups excluding carboxylic acids is 2. The first-order chi connectivity index (χ1) is 12.5. The summed E-state index contributed by atoms with van der Waals surface area (Å²) in [4.78, 5) is 25.0. The van der Waals surface area contributed by atoms with Gasteiger partial charge in [0, 0.05) is 27.4 Å². The van der Waals surface area contributed by atoms with Crippen molar-refractivity contribution in [3.8, 4) is 0 Å². The third-order valence-electron chi connectivity index (χ3n) is 4.09. The lowest BCUT2D eigenvalue weighted by molar-refractivity contribution is 0.0949. The maximum atomic E-state index is 13.4. The minimum atomic E-state index is -0.392. The largest absolute Gasteiger partial charge is 0.349 e. The van der Waals surface area contributed by atoms with Crippen LogP contribution in [-0.4, -0.2) is 17.9 Å². The van der Waals surface area contributed by atoms with Crippen LogP contribution in [0.1, 0.15) is 32.9 Å². The van der Waals surface area contributed by atoms with E-state index < -0.39 is 5.91 Å². The Kier molecular flexibility index (Phi) is 4.38. The predicted molar refractivity (Wildman–Crippen MR) is 102 cm³/mol. The molecular weight excluding hydrogens is 375 g/mol. The molecule has 1 fully saturated rings. The Morgan fingerprint density at radius 3 is 2.69 bits per heavy atom. The van der Waals surface area contributed by atoms with E-state index in [0.29, 0.717) is 31.2 Å². The van der Waals surface area contributed by atoms with Gasteiger partial charge in [0.05, 0.1) is 5.02 Å². The first kappa shape index (κ1) is 17.0. The molecule has 0 unspecified atom stereocenters. The van der Waals surface area contributed by atoms with Gasteiger partial charge in [-0.25, -0.2) is 4.39 Å². The maximum absolute atomic E-state index is 13.4. The topological polar surface area (TPSA) is 58.2 Å². The molecule has 0 bridgehead atoms. The first-order valence-corrected chi connectivity index (χ1v) is 9.30. The van der Waals surface area contributed by atoms with Crippen LogP contribution in [0.25, 0.3) is 10.1 Å². The smallest absolute Gasteiger partial charge is 0.267 e. The van der Waals surface area contributed by atoms with E-state index in [1.807, 2.05) is 0 Å². The minimum Gasteiger partial charge on any atom is -0.349 e. The highest BCUT2D eigenvalue weighted by Gasteiger charge is 2.24. The van der Waals surface area contributed by atoms with Crippen LogP contribution in [0.5, 0.6) is 0 Å². The molecule has 7 heteroatoms. The number of rotatable bonds is 4. The second kappa shape index (κ2) is 6.70. The third-order valence-corrected chi connectivity index (χ3v) is 5.75. The molecule has 2 N–H and O–H groups in total. The quantitative estimate of drug-likeness (QED) is 0.672. The van der Waals surface area contributed by atoms with E-state index in [2.05, 4.69) is 10.6 Å². The van der Waals surface area contributed by atoms with Gasteiger partial charge in [0.25, 0.3) is 11.8 Å². The average molecular weight is 389 g/mol. The van der Waals surface area contributed by atoms with E-state index in [-0.39, 0.29) is 17.8 Å². The van der Waals surface area contributed by atoms with Gasteiger partial charge in [-0.1, -0.05) is 17.7 Å². The lowest BCUT2D eigenvalue weighted by Gasteiger charge is -2.07. The van der Waals surface area contributed by atoms with Crippen molar-refractivity contribution in [1.29, 1.82) is 0 Å². The van der Waals surface area contributed by atoms with Gasteiger partial charge >= 0.3 is 0 Å². The Balaban J connectivity index is 1.56. The van der Waals surface area contributed by atoms with Crippen LogP contribution < -0.4 is 10.6 Å². The monoisotopic (exact) mass is 388 g/mol. The van der Waals surface area contributed by atoms with Crippen LogP contribution in [0, 0.1) is 5.82 Å². The highest BCUT2D eigenvalue weighted by Crippen LogP contribution is 2.36. The maximum Gasteiger partial charge on any atom is 0.267 e. The van der Waals surface area contributed by atoms with Gasteiger partial charge in [-0.3, -0.25) is 9.59 Å². The van der Waals surface area contributed by atoms with E-state index in [0.717, 1.165) is 24.2 Å². The van der Waals surface area contributed by atoms with E-state index in [4.69, 9.17) is 11.6 Å². The highest BCUT2D eigenvalue weighted by molar-refractivity contribution is 7.21. The number of anilines is 1. The van der Waals surface area contributed by atoms with Gasteiger partial charge in [0.2, 0.25) is 0 Å². The first-order valence-electron chi connectivity index (χ1n) is 8.11. The molecule has 2 amide bonds. The summed E-state index contributed by atoms with van der Waals surface area (Å²) in [5, 5.41) is 6.60. The lowest BCUT2D eigenvalue weighted by atomic mass is 10.2. The summed E-state index contributed by atoms with van der Waals surface area (Å²) in [6, 6.07) is 11.2. The van der Waals surface area contributed by atoms with E-state index in [9.17, 15) is 14.0 Å². The van der Waals surface area contributed by atoms with Crippen molar-refractivity contribution in [2.24, 2.45) is 0 Å². The zero-order valence-corrected chi connectivity index (χ0v) is 15.1. The number of thiophene rings is 1. The Bertz CT molecular complexity index is 1030. The van der Waals surface area contributed by atoms with Gasteiger partial charge in [0.1, 0.15) is 10.7 Å². The van der Waals surface area contributed by atoms with Crippen molar-refractivity contribution in [3.63, 3.8) is 0 Å². The molecule has 3 aromatic rings. The van der Waals surface area contributed by atoms with Crippen molar-refractivity contribution in [1.82, 2.24) is 5.32 Å². The fourth-order valence-corrected chi connectivity index (χ4v) is 4.04. The average Bonchev–Trinajstić information content (AvgIpc) is 3.37. The molecule has 1 aliphatic carbocycles. The molecule has 1 aliphatic rings. The molecule has 0 spiro atoms. The molecular formula is C19H14ClFN2O2S. The molecule has 1 aromatic heterocycles. The SMILES string of the molecule is O=C(NC1CC1)c1cccc(NC(=O)c2sc3cc(F)ccc3c2Cl)c1. The van der Waals surface area contributed by atoms with Gasteiger partial charge in [-0.15, -0.1) is 11.3 Å². The Hall–Kier alpha value is -2.44. The van der Waals surface area contributed by atoms with Crippen LogP contribution in [0.4, 0.5) is 10.1 Å². The van der Waals surface area contributed by atoms with Crippen LogP contribution in [0.15, 0.2) is 42.5 Å². The number of halogens is 2. The Labute approximate surface area is 158 Å². The van der Waals surface area contributed by atoms with Crippen molar-refractivity contribution < 1.29 is 14.0 Å². The number of hydrogen-bond acceptors (Lipinski definition) is 3. The summed E-state index contributed by atoms with van der Waals surface area (Å²) in [5.74, 6) is -0.924. The van der Waals surface area contributed by atoms with E-state index in [1.54, 1.807) is 30.3 Å². The molecule has 1 saturated carbocycles. The Morgan fingerprint density at radius 1 is 1.12 bits per heavy atom. The molecule has 1 heterocycles. The number of carbonyl (C=O) groups is 2. The molecule has 2 aromatic carbocycles. The molecule has 4 rings (SSSR count). The number of benzene rings is 2. The fraction of sp³-hybridized carbons (Fsp3) is 0.158. The molecule has 0 aliphatic heterocycles. The van der Waals surface area contributed by atoms with Gasteiger partial charge < -0.3 is 10.6 Å². The summed E-state index contributed by atoms with van der Waals surface area (Å²) in [5.41, 5.74) is 0.984. The summed E-state index contributed by atoms with van der Waals surface area (Å²) in [6.07, 6.45) is 2.01. The van der Waals surface area contributed by atoms with Gasteiger partial charge in [-0.05, 0) is 49.2 Å². The van der Waals surface area contributed by atoms with Crippen molar-refractivity contribution in [3.05, 3.63) is 63.7 Å². The second-order valence-electron chi connectivity index (χ2n) is 6.17. The number of amides is 2. The molecule has 0 atom stereocenters. The zero-order valence-electron chi connectivity index (χ0n) is 13.5.